The van der Waals surface area contributed by atoms with Crippen LogP contribution >= 0.6 is 0 Å². The smallest absolute Gasteiger partial charge is 0.340 e. The van der Waals surface area contributed by atoms with Crippen LogP contribution in [0.4, 0.5) is 0 Å². The van der Waals surface area contributed by atoms with E-state index in [9.17, 15) is 9.59 Å². The van der Waals surface area contributed by atoms with E-state index in [0.29, 0.717) is 11.5 Å². The predicted molar refractivity (Wildman–Crippen MR) is 104 cm³/mol. The van der Waals surface area contributed by atoms with Crippen LogP contribution in [0.2, 0.25) is 0 Å². The number of carbonyl (C=O) groups is 2. The Hall–Kier alpha value is -2.36. The molecule has 28 heavy (non-hydrogen) atoms. The summed E-state index contributed by atoms with van der Waals surface area (Å²) in [7, 11) is 0. The van der Waals surface area contributed by atoms with Gasteiger partial charge in [0, 0.05) is 23.0 Å². The second-order valence-electron chi connectivity index (χ2n) is 8.44. The van der Waals surface area contributed by atoms with Crippen molar-refractivity contribution in [2.24, 2.45) is 17.8 Å². The number of esters is 2. The lowest BCUT2D eigenvalue weighted by Gasteiger charge is -2.60. The van der Waals surface area contributed by atoms with Gasteiger partial charge in [-0.3, -0.25) is 0 Å². The first-order valence-electron chi connectivity index (χ1n) is 10.6. The summed E-state index contributed by atoms with van der Waals surface area (Å²) in [6.07, 6.45) is 7.90. The van der Waals surface area contributed by atoms with Gasteiger partial charge in [0.1, 0.15) is 11.4 Å². The average molecular weight is 378 g/mol. The molecule has 1 aromatic carbocycles. The van der Waals surface area contributed by atoms with Gasteiger partial charge in [-0.2, -0.15) is 0 Å². The second-order valence-corrected chi connectivity index (χ2v) is 8.44. The van der Waals surface area contributed by atoms with Crippen LogP contribution in [0.15, 0.2) is 47.2 Å². The second kappa shape index (κ2) is 6.33. The molecule has 2 aliphatic carbocycles. The molecule has 4 nitrogen and oxygen atoms in total. The van der Waals surface area contributed by atoms with Crippen molar-refractivity contribution in [3.8, 4) is 0 Å². The fraction of sp³-hybridized carbons (Fsp3) is 0.500. The van der Waals surface area contributed by atoms with Gasteiger partial charge in [0.05, 0.1) is 11.1 Å². The first-order chi connectivity index (χ1) is 13.6. The van der Waals surface area contributed by atoms with E-state index >= 15 is 0 Å². The summed E-state index contributed by atoms with van der Waals surface area (Å²) < 4.78 is 11.8. The highest BCUT2D eigenvalue weighted by Crippen LogP contribution is 2.69. The predicted octanol–water partition coefficient (Wildman–Crippen LogP) is 5.05. The van der Waals surface area contributed by atoms with Gasteiger partial charge in [-0.05, 0) is 43.7 Å². The molecule has 0 unspecified atom stereocenters. The Labute approximate surface area is 165 Å². The molecular formula is C24H26O4. The highest BCUT2D eigenvalue weighted by atomic mass is 16.6. The van der Waals surface area contributed by atoms with Crippen molar-refractivity contribution in [3.05, 3.63) is 58.4 Å². The fourth-order valence-electron chi connectivity index (χ4n) is 6.08. The van der Waals surface area contributed by atoms with Crippen LogP contribution in [0.5, 0.6) is 0 Å². The first-order valence-corrected chi connectivity index (χ1v) is 10.6. The number of rotatable bonds is 4. The van der Waals surface area contributed by atoms with Gasteiger partial charge in [-0.15, -0.1) is 0 Å². The van der Waals surface area contributed by atoms with Crippen LogP contribution in [-0.4, -0.2) is 11.9 Å². The van der Waals surface area contributed by atoms with Crippen LogP contribution in [0, 0.1) is 17.8 Å². The first kappa shape index (κ1) is 17.7. The van der Waals surface area contributed by atoms with E-state index in [1.165, 1.54) is 0 Å². The van der Waals surface area contributed by atoms with Gasteiger partial charge >= 0.3 is 11.9 Å². The van der Waals surface area contributed by atoms with Gasteiger partial charge in [-0.1, -0.05) is 44.9 Å². The highest BCUT2D eigenvalue weighted by molar-refractivity contribution is 5.98. The van der Waals surface area contributed by atoms with E-state index in [-0.39, 0.29) is 23.8 Å². The highest BCUT2D eigenvalue weighted by Gasteiger charge is 2.71. The molecular weight excluding hydrogens is 352 g/mol. The van der Waals surface area contributed by atoms with Crippen molar-refractivity contribution in [1.29, 1.82) is 0 Å². The molecule has 0 aromatic heterocycles. The van der Waals surface area contributed by atoms with E-state index in [1.54, 1.807) is 0 Å². The van der Waals surface area contributed by atoms with Crippen LogP contribution in [-0.2, 0) is 19.9 Å². The Morgan fingerprint density at radius 3 is 2.75 bits per heavy atom. The number of cyclic esters (lactones) is 1. The summed E-state index contributed by atoms with van der Waals surface area (Å²) in [6.45, 7) is 4.29. The zero-order valence-electron chi connectivity index (χ0n) is 16.5. The summed E-state index contributed by atoms with van der Waals surface area (Å²) >= 11 is 0. The zero-order chi connectivity index (χ0) is 19.5. The third-order valence-corrected chi connectivity index (χ3v) is 7.09. The van der Waals surface area contributed by atoms with Crippen LogP contribution < -0.4 is 0 Å². The molecule has 0 radical (unpaired) electrons. The lowest BCUT2D eigenvalue weighted by molar-refractivity contribution is -0.195. The number of hydrogen-bond donors (Lipinski definition) is 0. The van der Waals surface area contributed by atoms with E-state index < -0.39 is 5.60 Å². The van der Waals surface area contributed by atoms with Crippen LogP contribution in [0.1, 0.15) is 68.3 Å². The SMILES string of the molecule is CCC/C=C1/OC(=O)C2=C1CC[C@H]1[C@@H]2[C@]2(OC(=O)c3ccccc32)[C@H]1CCC. The topological polar surface area (TPSA) is 52.6 Å². The Morgan fingerprint density at radius 1 is 1.14 bits per heavy atom. The number of hydrogen-bond acceptors (Lipinski definition) is 4. The molecule has 146 valence electrons. The van der Waals surface area contributed by atoms with Crippen molar-refractivity contribution >= 4 is 11.9 Å². The minimum absolute atomic E-state index is 0.0829. The minimum atomic E-state index is -0.700. The lowest BCUT2D eigenvalue weighted by atomic mass is 9.45. The third kappa shape index (κ3) is 2.12. The average Bonchev–Trinajstić information content (AvgIpc) is 3.19. The molecule has 4 atom stereocenters. The molecule has 0 N–H and O–H groups in total. The Bertz CT molecular complexity index is 924. The molecule has 0 bridgehead atoms. The molecule has 1 fully saturated rings. The monoisotopic (exact) mass is 378 g/mol. The number of fused-ring (bicyclic) bond motifs is 5. The van der Waals surface area contributed by atoms with Crippen molar-refractivity contribution in [3.63, 3.8) is 0 Å². The maximum atomic E-state index is 12.9. The normalized spacial score (nSPS) is 34.1. The van der Waals surface area contributed by atoms with Crippen molar-refractivity contribution in [1.82, 2.24) is 0 Å². The van der Waals surface area contributed by atoms with Gasteiger partial charge < -0.3 is 9.47 Å². The quantitative estimate of drug-likeness (QED) is 0.688. The molecule has 0 amide bonds. The van der Waals surface area contributed by atoms with Crippen LogP contribution in [0.3, 0.4) is 0 Å². The maximum absolute atomic E-state index is 12.9. The minimum Gasteiger partial charge on any atom is -0.450 e. The Balaban J connectivity index is 1.65. The number of ether oxygens (including phenoxy) is 2. The van der Waals surface area contributed by atoms with Crippen molar-refractivity contribution < 1.29 is 19.1 Å². The molecule has 1 saturated carbocycles. The van der Waals surface area contributed by atoms with Crippen LogP contribution in [0.25, 0.3) is 0 Å². The van der Waals surface area contributed by atoms with Gasteiger partial charge in [0.25, 0.3) is 0 Å². The zero-order valence-corrected chi connectivity index (χ0v) is 16.5. The lowest BCUT2D eigenvalue weighted by Crippen LogP contribution is -2.62. The fourth-order valence-corrected chi connectivity index (χ4v) is 6.08. The molecule has 1 spiro atoms. The Morgan fingerprint density at radius 2 is 1.96 bits per heavy atom. The standard InChI is InChI=1S/C24H26O4/c1-3-5-11-19-16-13-12-14-17(8-4-2)24(21(14)20(16)23(26)27-19)18-10-7-6-9-15(18)22(25)28-24/h6-7,9-11,14,17,21H,3-5,8,12-13H2,1-2H3/b19-11+/t14-,17+,21+,24+/m1/s1. The summed E-state index contributed by atoms with van der Waals surface area (Å²) in [5.74, 6) is 0.807. The van der Waals surface area contributed by atoms with E-state index in [4.69, 9.17) is 9.47 Å². The number of unbranched alkanes of at least 4 members (excludes halogenated alkanes) is 1. The number of benzene rings is 1. The van der Waals surface area contributed by atoms with Crippen molar-refractivity contribution in [2.75, 3.05) is 0 Å². The molecule has 2 heterocycles. The van der Waals surface area contributed by atoms with Gasteiger partial charge in [0.2, 0.25) is 0 Å². The summed E-state index contributed by atoms with van der Waals surface area (Å²) in [4.78, 5) is 25.6. The van der Waals surface area contributed by atoms with E-state index in [0.717, 1.165) is 61.0 Å². The maximum Gasteiger partial charge on any atom is 0.340 e. The third-order valence-electron chi connectivity index (χ3n) is 7.09. The number of allylic oxidation sites excluding steroid dienone is 2. The van der Waals surface area contributed by atoms with E-state index in [2.05, 4.69) is 13.8 Å². The molecule has 5 rings (SSSR count). The van der Waals surface area contributed by atoms with Crippen molar-refractivity contribution in [2.45, 2.75) is 58.0 Å². The summed E-state index contributed by atoms with van der Waals surface area (Å²) in [6, 6.07) is 7.71. The summed E-state index contributed by atoms with van der Waals surface area (Å²) in [5.41, 5.74) is 2.74. The summed E-state index contributed by atoms with van der Waals surface area (Å²) in [5, 5.41) is 0. The molecule has 2 aliphatic heterocycles. The largest absolute Gasteiger partial charge is 0.450 e. The van der Waals surface area contributed by atoms with Gasteiger partial charge in [0.15, 0.2) is 0 Å². The molecule has 4 heteroatoms. The van der Waals surface area contributed by atoms with Gasteiger partial charge in [-0.25, -0.2) is 9.59 Å². The van der Waals surface area contributed by atoms with E-state index in [1.807, 2.05) is 30.3 Å². The number of carbonyl (C=O) groups excluding carboxylic acids is 2. The molecule has 0 saturated heterocycles. The molecule has 4 aliphatic rings. The Kier molecular flexibility index (Phi) is 4.01. The molecule has 1 aromatic rings.